The Morgan fingerprint density at radius 2 is 1.79 bits per heavy atom. The van der Waals surface area contributed by atoms with Gasteiger partial charge in [-0.15, -0.1) is 0 Å². The molecule has 0 bridgehead atoms. The Morgan fingerprint density at radius 3 is 2.29 bits per heavy atom. The van der Waals surface area contributed by atoms with Crippen LogP contribution in [0, 0.1) is 0 Å². The number of unbranched alkanes of at least 4 members (excludes halogenated alkanes) is 1. The number of rotatable bonds is 7. The molecule has 4 heteroatoms. The Morgan fingerprint density at radius 1 is 1.21 bits per heavy atom. The van der Waals surface area contributed by atoms with Gasteiger partial charge in [-0.1, -0.05) is 27.2 Å². The maximum Gasteiger partial charge on any atom is 0.243 e. The van der Waals surface area contributed by atoms with E-state index in [1.807, 2.05) is 13.8 Å². The Hall–Kier alpha value is -0.610. The third-order valence-corrected chi connectivity index (χ3v) is 1.59. The normalized spacial score (nSPS) is 8.86. The molecule has 0 rings (SSSR count). The molecule has 0 spiro atoms. The van der Waals surface area contributed by atoms with Crippen LogP contribution in [0.3, 0.4) is 0 Å². The molecule has 0 aromatic rings. The van der Waals surface area contributed by atoms with Gasteiger partial charge >= 0.3 is 0 Å². The highest BCUT2D eigenvalue weighted by Crippen LogP contribution is 1.87. The fourth-order valence-electron chi connectivity index (χ4n) is 0.857. The second-order valence-corrected chi connectivity index (χ2v) is 2.74. The van der Waals surface area contributed by atoms with Crippen molar-refractivity contribution in [3.05, 3.63) is 0 Å². The van der Waals surface area contributed by atoms with Crippen molar-refractivity contribution in [1.29, 1.82) is 0 Å². The molecule has 0 aliphatic heterocycles. The summed E-state index contributed by atoms with van der Waals surface area (Å²) in [6, 6.07) is 0. The summed E-state index contributed by atoms with van der Waals surface area (Å²) in [5.74, 6) is -0.313. The molecule has 0 saturated heterocycles. The van der Waals surface area contributed by atoms with Crippen LogP contribution in [0.25, 0.3) is 0 Å². The highest BCUT2D eigenvalue weighted by atomic mass is 16.5. The van der Waals surface area contributed by atoms with Crippen molar-refractivity contribution >= 4 is 5.91 Å². The van der Waals surface area contributed by atoms with E-state index in [4.69, 9.17) is 5.21 Å². The van der Waals surface area contributed by atoms with Crippen LogP contribution in [0.1, 0.15) is 46.5 Å². The van der Waals surface area contributed by atoms with Gasteiger partial charge in [0.15, 0.2) is 0 Å². The van der Waals surface area contributed by atoms with Crippen LogP contribution >= 0.6 is 0 Å². The van der Waals surface area contributed by atoms with Gasteiger partial charge in [-0.25, -0.2) is 5.48 Å². The van der Waals surface area contributed by atoms with Crippen LogP contribution in [-0.4, -0.2) is 24.2 Å². The molecule has 0 aromatic heterocycles. The minimum absolute atomic E-state index is 0.313. The molecule has 1 amide bonds. The van der Waals surface area contributed by atoms with Crippen molar-refractivity contribution in [1.82, 2.24) is 10.8 Å². The van der Waals surface area contributed by atoms with Crippen LogP contribution in [0.15, 0.2) is 0 Å². The van der Waals surface area contributed by atoms with Crippen LogP contribution in [0.4, 0.5) is 0 Å². The van der Waals surface area contributed by atoms with Crippen molar-refractivity contribution < 1.29 is 10.0 Å². The van der Waals surface area contributed by atoms with Crippen LogP contribution in [-0.2, 0) is 4.79 Å². The van der Waals surface area contributed by atoms with Crippen LogP contribution in [0.5, 0.6) is 0 Å². The minimum Gasteiger partial charge on any atom is -0.317 e. The number of nitrogens with one attached hydrogen (secondary N) is 2. The van der Waals surface area contributed by atoms with Crippen molar-refractivity contribution in [3.8, 4) is 0 Å². The lowest BCUT2D eigenvalue weighted by atomic mass is 10.3. The molecule has 0 radical (unpaired) electrons. The molecular formula is C10H24N2O2. The van der Waals surface area contributed by atoms with Gasteiger partial charge in [-0.3, -0.25) is 10.0 Å². The Labute approximate surface area is 87.0 Å². The predicted octanol–water partition coefficient (Wildman–Crippen LogP) is 1.69. The van der Waals surface area contributed by atoms with Gasteiger partial charge in [-0.2, -0.15) is 0 Å². The van der Waals surface area contributed by atoms with Crippen molar-refractivity contribution in [3.63, 3.8) is 0 Å². The molecule has 0 atom stereocenters. The van der Waals surface area contributed by atoms with Gasteiger partial charge in [-0.05, 0) is 25.9 Å². The number of hydroxylamine groups is 1. The standard InChI is InChI=1S/C8H18N2O2.C2H6/c1-2-3-6-9-7-4-5-8(11)10-12;1-2/h9,12H,2-7H2,1H3,(H,10,11);1-2H3. The van der Waals surface area contributed by atoms with E-state index in [1.165, 1.54) is 12.8 Å². The highest BCUT2D eigenvalue weighted by molar-refractivity contribution is 5.74. The maximum absolute atomic E-state index is 10.5. The molecule has 0 aliphatic rings. The first-order valence-electron chi connectivity index (χ1n) is 5.45. The summed E-state index contributed by atoms with van der Waals surface area (Å²) in [5, 5.41) is 11.4. The zero-order chi connectivity index (χ0) is 11.2. The molecule has 0 heterocycles. The van der Waals surface area contributed by atoms with Crippen molar-refractivity contribution in [2.75, 3.05) is 13.1 Å². The van der Waals surface area contributed by atoms with E-state index in [9.17, 15) is 4.79 Å². The average Bonchev–Trinajstić information content (AvgIpc) is 2.25. The zero-order valence-electron chi connectivity index (χ0n) is 9.60. The van der Waals surface area contributed by atoms with Gasteiger partial charge in [0.2, 0.25) is 5.91 Å². The van der Waals surface area contributed by atoms with E-state index in [0.29, 0.717) is 6.42 Å². The van der Waals surface area contributed by atoms with E-state index in [-0.39, 0.29) is 5.91 Å². The minimum atomic E-state index is -0.313. The van der Waals surface area contributed by atoms with Gasteiger partial charge in [0, 0.05) is 6.42 Å². The summed E-state index contributed by atoms with van der Waals surface area (Å²) in [6.45, 7) is 7.99. The largest absolute Gasteiger partial charge is 0.317 e. The molecule has 3 N–H and O–H groups in total. The number of hydrogen-bond acceptors (Lipinski definition) is 3. The predicted molar refractivity (Wildman–Crippen MR) is 58.3 cm³/mol. The van der Waals surface area contributed by atoms with Crippen LogP contribution in [0.2, 0.25) is 0 Å². The summed E-state index contributed by atoms with van der Waals surface area (Å²) < 4.78 is 0. The third kappa shape index (κ3) is 13.9. The number of hydrogen-bond donors (Lipinski definition) is 3. The SMILES string of the molecule is CC.CCCCNCCCC(=O)NO. The Balaban J connectivity index is 0. The second kappa shape index (κ2) is 14.9. The maximum atomic E-state index is 10.5. The molecule has 0 fully saturated rings. The summed E-state index contributed by atoms with van der Waals surface area (Å²) in [4.78, 5) is 10.5. The molecule has 0 unspecified atom stereocenters. The lowest BCUT2D eigenvalue weighted by Gasteiger charge is -2.02. The van der Waals surface area contributed by atoms with Crippen molar-refractivity contribution in [2.24, 2.45) is 0 Å². The monoisotopic (exact) mass is 204 g/mol. The van der Waals surface area contributed by atoms with E-state index >= 15 is 0 Å². The Bertz CT molecular complexity index is 119. The quantitative estimate of drug-likeness (QED) is 0.336. The van der Waals surface area contributed by atoms with E-state index in [2.05, 4.69) is 12.2 Å². The molecule has 86 valence electrons. The number of carbonyl (C=O) groups is 1. The Kier molecular flexibility index (Phi) is 16.9. The van der Waals surface area contributed by atoms with Gasteiger partial charge in [0.05, 0.1) is 0 Å². The third-order valence-electron chi connectivity index (χ3n) is 1.59. The summed E-state index contributed by atoms with van der Waals surface area (Å²) in [6.07, 6.45) is 3.52. The second-order valence-electron chi connectivity index (χ2n) is 2.74. The molecule has 4 nitrogen and oxygen atoms in total. The van der Waals surface area contributed by atoms with Gasteiger partial charge < -0.3 is 5.32 Å². The molecule has 0 saturated carbocycles. The first-order valence-corrected chi connectivity index (χ1v) is 5.45. The zero-order valence-corrected chi connectivity index (χ0v) is 9.60. The lowest BCUT2D eigenvalue weighted by molar-refractivity contribution is -0.129. The summed E-state index contributed by atoms with van der Waals surface area (Å²) >= 11 is 0. The average molecular weight is 204 g/mol. The molecule has 0 aliphatic carbocycles. The smallest absolute Gasteiger partial charge is 0.243 e. The fraction of sp³-hybridized carbons (Fsp3) is 0.900. The van der Waals surface area contributed by atoms with E-state index in [1.54, 1.807) is 5.48 Å². The van der Waals surface area contributed by atoms with Gasteiger partial charge in [0.25, 0.3) is 0 Å². The molecule has 0 aromatic carbocycles. The first kappa shape index (κ1) is 15.8. The molecular weight excluding hydrogens is 180 g/mol. The first-order chi connectivity index (χ1) is 6.81. The summed E-state index contributed by atoms with van der Waals surface area (Å²) in [7, 11) is 0. The molecule has 14 heavy (non-hydrogen) atoms. The topological polar surface area (TPSA) is 61.4 Å². The highest BCUT2D eigenvalue weighted by Gasteiger charge is 1.96. The van der Waals surface area contributed by atoms with Crippen LogP contribution < -0.4 is 10.8 Å². The lowest BCUT2D eigenvalue weighted by Crippen LogP contribution is -2.22. The van der Waals surface area contributed by atoms with Gasteiger partial charge in [0.1, 0.15) is 0 Å². The number of carbonyl (C=O) groups excluding carboxylic acids is 1. The van der Waals surface area contributed by atoms with E-state index in [0.717, 1.165) is 19.5 Å². The summed E-state index contributed by atoms with van der Waals surface area (Å²) in [5.41, 5.74) is 1.60. The van der Waals surface area contributed by atoms with E-state index < -0.39 is 0 Å². The number of amides is 1. The fourth-order valence-corrected chi connectivity index (χ4v) is 0.857. The van der Waals surface area contributed by atoms with Crippen molar-refractivity contribution in [2.45, 2.75) is 46.5 Å².